The summed E-state index contributed by atoms with van der Waals surface area (Å²) < 4.78 is 5.12. The maximum atomic E-state index is 10.6. The zero-order valence-electron chi connectivity index (χ0n) is 7.90. The van der Waals surface area contributed by atoms with Gasteiger partial charge in [0.1, 0.15) is 11.3 Å². The van der Waals surface area contributed by atoms with E-state index in [-0.39, 0.29) is 30.5 Å². The quantitative estimate of drug-likeness (QED) is 0.826. The van der Waals surface area contributed by atoms with E-state index < -0.39 is 5.97 Å². The van der Waals surface area contributed by atoms with Gasteiger partial charge in [-0.3, -0.25) is 0 Å². The van der Waals surface area contributed by atoms with Crippen LogP contribution >= 0.6 is 0 Å². The first-order chi connectivity index (χ1) is 5.75. The van der Waals surface area contributed by atoms with E-state index in [1.807, 2.05) is 6.92 Å². The van der Waals surface area contributed by atoms with Gasteiger partial charge in [0.2, 0.25) is 0 Å². The summed E-state index contributed by atoms with van der Waals surface area (Å²) in [5.74, 6) is -0.536. The van der Waals surface area contributed by atoms with Crippen molar-refractivity contribution in [2.45, 2.75) is 6.92 Å². The average molecular weight is 248 g/mol. The normalized spacial score (nSPS) is 8.07. The zero-order chi connectivity index (χ0) is 8.97. The first-order valence-corrected chi connectivity index (χ1v) is 3.70. The molecule has 0 unspecified atom stereocenters. The SMILES string of the molecule is CCOc1ccccc1C(=O)O.[O-2].[Zn+2]. The molecule has 1 rings (SSSR count). The molecule has 0 amide bonds. The van der Waals surface area contributed by atoms with Crippen molar-refractivity contribution in [3.05, 3.63) is 29.8 Å². The molecule has 4 nitrogen and oxygen atoms in total. The van der Waals surface area contributed by atoms with Crippen LogP contribution in [0.3, 0.4) is 0 Å². The van der Waals surface area contributed by atoms with Gasteiger partial charge in [-0.25, -0.2) is 4.79 Å². The Morgan fingerprint density at radius 2 is 2.00 bits per heavy atom. The van der Waals surface area contributed by atoms with Crippen LogP contribution in [-0.2, 0) is 25.0 Å². The van der Waals surface area contributed by atoms with E-state index in [2.05, 4.69) is 0 Å². The Morgan fingerprint density at radius 3 is 2.50 bits per heavy atom. The molecule has 0 aromatic heterocycles. The second-order valence-electron chi connectivity index (χ2n) is 2.23. The number of carbonyl (C=O) groups is 1. The number of benzene rings is 1. The van der Waals surface area contributed by atoms with Crippen molar-refractivity contribution in [1.82, 2.24) is 0 Å². The number of para-hydroxylation sites is 1. The smallest absolute Gasteiger partial charge is 2.00 e. The molecule has 72 valence electrons. The van der Waals surface area contributed by atoms with Gasteiger partial charge >= 0.3 is 25.4 Å². The Hall–Kier alpha value is -0.927. The number of ether oxygens (including phenoxy) is 1. The first kappa shape index (κ1) is 15.5. The summed E-state index contributed by atoms with van der Waals surface area (Å²) in [6.45, 7) is 2.29. The number of hydrogen-bond donors (Lipinski definition) is 1. The molecular formula is C9H10O4Zn. The Kier molecular flexibility index (Phi) is 8.30. The van der Waals surface area contributed by atoms with E-state index >= 15 is 0 Å². The van der Waals surface area contributed by atoms with Crippen LogP contribution in [-0.4, -0.2) is 17.7 Å². The van der Waals surface area contributed by atoms with Gasteiger partial charge in [0.15, 0.2) is 0 Å². The molecule has 0 radical (unpaired) electrons. The monoisotopic (exact) mass is 246 g/mol. The van der Waals surface area contributed by atoms with Gasteiger partial charge in [0, 0.05) is 0 Å². The van der Waals surface area contributed by atoms with Crippen LogP contribution in [0.5, 0.6) is 5.75 Å². The minimum absolute atomic E-state index is 0. The third-order valence-electron chi connectivity index (χ3n) is 1.42. The molecule has 1 aromatic rings. The Bertz CT molecular complexity index is 288. The molecule has 0 bridgehead atoms. The summed E-state index contributed by atoms with van der Waals surface area (Å²) in [5.41, 5.74) is 0.208. The van der Waals surface area contributed by atoms with Crippen molar-refractivity contribution in [3.63, 3.8) is 0 Å². The van der Waals surface area contributed by atoms with E-state index in [9.17, 15) is 4.79 Å². The number of carboxylic acids is 1. The van der Waals surface area contributed by atoms with Crippen LogP contribution in [0.4, 0.5) is 0 Å². The van der Waals surface area contributed by atoms with Crippen LogP contribution in [0, 0.1) is 0 Å². The predicted molar refractivity (Wildman–Crippen MR) is 45.3 cm³/mol. The maximum Gasteiger partial charge on any atom is 2.00 e. The summed E-state index contributed by atoms with van der Waals surface area (Å²) >= 11 is 0. The van der Waals surface area contributed by atoms with Gasteiger partial charge in [-0.05, 0) is 19.1 Å². The number of rotatable bonds is 3. The van der Waals surface area contributed by atoms with E-state index in [4.69, 9.17) is 9.84 Å². The fourth-order valence-corrected chi connectivity index (χ4v) is 0.925. The second-order valence-corrected chi connectivity index (χ2v) is 2.23. The van der Waals surface area contributed by atoms with Crippen molar-refractivity contribution in [2.75, 3.05) is 6.61 Å². The molecule has 0 saturated heterocycles. The average Bonchev–Trinajstić information content (AvgIpc) is 2.05. The molecule has 0 aliphatic rings. The minimum Gasteiger partial charge on any atom is -2.00 e. The van der Waals surface area contributed by atoms with Gasteiger partial charge in [0.05, 0.1) is 6.61 Å². The largest absolute Gasteiger partial charge is 2.00 e. The molecule has 0 saturated carbocycles. The van der Waals surface area contributed by atoms with Crippen molar-refractivity contribution in [1.29, 1.82) is 0 Å². The predicted octanol–water partition coefficient (Wildman–Crippen LogP) is 1.66. The van der Waals surface area contributed by atoms with Crippen LogP contribution in [0.15, 0.2) is 24.3 Å². The molecular weight excluding hydrogens is 237 g/mol. The van der Waals surface area contributed by atoms with Crippen LogP contribution in [0.2, 0.25) is 0 Å². The molecule has 0 atom stereocenters. The third-order valence-corrected chi connectivity index (χ3v) is 1.42. The van der Waals surface area contributed by atoms with E-state index in [1.165, 1.54) is 6.07 Å². The minimum atomic E-state index is -0.959. The summed E-state index contributed by atoms with van der Waals surface area (Å²) in [7, 11) is 0. The fraction of sp³-hybridized carbons (Fsp3) is 0.222. The van der Waals surface area contributed by atoms with Crippen molar-refractivity contribution >= 4 is 5.97 Å². The Labute approximate surface area is 95.0 Å². The third kappa shape index (κ3) is 3.85. The molecule has 5 heteroatoms. The van der Waals surface area contributed by atoms with Crippen molar-refractivity contribution in [2.24, 2.45) is 0 Å². The van der Waals surface area contributed by atoms with Gasteiger partial charge in [-0.1, -0.05) is 12.1 Å². The Morgan fingerprint density at radius 1 is 1.43 bits per heavy atom. The molecule has 0 heterocycles. The van der Waals surface area contributed by atoms with E-state index in [0.717, 1.165) is 0 Å². The Balaban J connectivity index is 0. The van der Waals surface area contributed by atoms with Gasteiger partial charge in [-0.2, -0.15) is 0 Å². The molecule has 0 aliphatic heterocycles. The molecule has 0 fully saturated rings. The zero-order valence-corrected chi connectivity index (χ0v) is 10.9. The van der Waals surface area contributed by atoms with Crippen LogP contribution in [0.1, 0.15) is 17.3 Å². The maximum absolute atomic E-state index is 10.6. The molecule has 0 aliphatic carbocycles. The molecule has 0 spiro atoms. The number of aromatic carboxylic acids is 1. The van der Waals surface area contributed by atoms with Gasteiger partial charge < -0.3 is 15.3 Å². The van der Waals surface area contributed by atoms with Crippen LogP contribution < -0.4 is 4.74 Å². The van der Waals surface area contributed by atoms with Gasteiger partial charge in [-0.15, -0.1) is 0 Å². The fourth-order valence-electron chi connectivity index (χ4n) is 0.925. The summed E-state index contributed by atoms with van der Waals surface area (Å²) in [5, 5.41) is 8.71. The summed E-state index contributed by atoms with van der Waals surface area (Å²) in [4.78, 5) is 10.6. The van der Waals surface area contributed by atoms with E-state index in [0.29, 0.717) is 12.4 Å². The summed E-state index contributed by atoms with van der Waals surface area (Å²) in [6.07, 6.45) is 0. The molecule has 1 aromatic carbocycles. The van der Waals surface area contributed by atoms with Crippen molar-refractivity contribution in [3.8, 4) is 5.75 Å². The van der Waals surface area contributed by atoms with E-state index in [1.54, 1.807) is 18.2 Å². The number of hydrogen-bond acceptors (Lipinski definition) is 2. The summed E-state index contributed by atoms with van der Waals surface area (Å²) in [6, 6.07) is 6.59. The second kappa shape index (κ2) is 7.47. The first-order valence-electron chi connectivity index (χ1n) is 3.70. The molecule has 1 N–H and O–H groups in total. The van der Waals surface area contributed by atoms with Crippen LogP contribution in [0.25, 0.3) is 0 Å². The van der Waals surface area contributed by atoms with Gasteiger partial charge in [0.25, 0.3) is 0 Å². The standard InChI is InChI=1S/C9H10O3.O.Zn/c1-2-12-8-6-4-3-5-7(8)9(10)11;;/h3-6H,2H2,1H3,(H,10,11);;/q;-2;+2. The topological polar surface area (TPSA) is 75.0 Å². The number of carboxylic acid groups (broad SMARTS) is 1. The van der Waals surface area contributed by atoms with Crippen molar-refractivity contribution < 1.29 is 39.6 Å². The molecule has 14 heavy (non-hydrogen) atoms.